The van der Waals surface area contributed by atoms with Gasteiger partial charge in [-0.25, -0.2) is 9.97 Å². The number of carbonyl (C=O) groups is 1. The van der Waals surface area contributed by atoms with Crippen molar-refractivity contribution in [2.24, 2.45) is 5.92 Å². The van der Waals surface area contributed by atoms with Crippen LogP contribution in [-0.4, -0.2) is 27.1 Å². The van der Waals surface area contributed by atoms with Crippen molar-refractivity contribution in [3.8, 4) is 0 Å². The summed E-state index contributed by atoms with van der Waals surface area (Å²) < 4.78 is 0. The van der Waals surface area contributed by atoms with Gasteiger partial charge in [0, 0.05) is 11.4 Å². The molecule has 0 saturated heterocycles. The first-order valence-corrected chi connectivity index (χ1v) is 6.26. The van der Waals surface area contributed by atoms with Crippen molar-refractivity contribution >= 4 is 22.7 Å². The lowest BCUT2D eigenvalue weighted by atomic mass is 10.0. The lowest BCUT2D eigenvalue weighted by Gasteiger charge is -2.21. The van der Waals surface area contributed by atoms with Crippen molar-refractivity contribution in [1.29, 1.82) is 0 Å². The van der Waals surface area contributed by atoms with E-state index in [1.165, 1.54) is 6.33 Å². The van der Waals surface area contributed by atoms with Crippen molar-refractivity contribution in [1.82, 2.24) is 9.97 Å². The molecule has 2 N–H and O–H groups in total. The van der Waals surface area contributed by atoms with E-state index >= 15 is 0 Å². The zero-order chi connectivity index (χ0) is 13.8. The second-order valence-corrected chi connectivity index (χ2v) is 4.83. The maximum absolute atomic E-state index is 10.9. The Hall–Kier alpha value is -2.17. The molecule has 1 atom stereocenters. The third kappa shape index (κ3) is 3.19. The number of hydrogen-bond donors (Lipinski definition) is 2. The molecule has 0 radical (unpaired) electrons. The molecule has 0 aliphatic carbocycles. The first-order valence-electron chi connectivity index (χ1n) is 6.26. The van der Waals surface area contributed by atoms with Gasteiger partial charge in [0.05, 0.1) is 11.9 Å². The van der Waals surface area contributed by atoms with Crippen LogP contribution < -0.4 is 5.32 Å². The van der Waals surface area contributed by atoms with Crippen molar-refractivity contribution in [2.45, 2.75) is 26.3 Å². The van der Waals surface area contributed by atoms with E-state index in [2.05, 4.69) is 15.3 Å². The first-order chi connectivity index (χ1) is 9.08. The van der Waals surface area contributed by atoms with Crippen LogP contribution in [0.3, 0.4) is 0 Å². The number of para-hydroxylation sites is 1. The number of anilines is 1. The molecule has 1 heterocycles. The van der Waals surface area contributed by atoms with Crippen LogP contribution in [0.15, 0.2) is 30.6 Å². The number of hydrogen-bond acceptors (Lipinski definition) is 4. The maximum atomic E-state index is 10.9. The number of aliphatic carboxylic acids is 1. The van der Waals surface area contributed by atoms with Gasteiger partial charge in [0.2, 0.25) is 0 Å². The molecule has 19 heavy (non-hydrogen) atoms. The van der Waals surface area contributed by atoms with Crippen LogP contribution in [-0.2, 0) is 4.79 Å². The SMILES string of the molecule is CC(C)C(CC(=O)O)Nc1ncnc2ccccc12. The van der Waals surface area contributed by atoms with E-state index in [-0.39, 0.29) is 18.4 Å². The molecule has 0 aliphatic heterocycles. The number of carboxylic acid groups (broad SMARTS) is 1. The van der Waals surface area contributed by atoms with E-state index in [0.29, 0.717) is 5.82 Å². The number of nitrogens with one attached hydrogen (secondary N) is 1. The number of benzene rings is 1. The third-order valence-corrected chi connectivity index (χ3v) is 3.06. The van der Waals surface area contributed by atoms with Gasteiger partial charge in [-0.1, -0.05) is 26.0 Å². The van der Waals surface area contributed by atoms with Gasteiger partial charge in [-0.15, -0.1) is 0 Å². The number of carboxylic acids is 1. The lowest BCUT2D eigenvalue weighted by Crippen LogP contribution is -2.29. The van der Waals surface area contributed by atoms with Gasteiger partial charge >= 0.3 is 5.97 Å². The van der Waals surface area contributed by atoms with Gasteiger partial charge in [-0.05, 0) is 18.1 Å². The molecule has 1 aromatic carbocycles. The smallest absolute Gasteiger partial charge is 0.305 e. The van der Waals surface area contributed by atoms with Crippen molar-refractivity contribution in [2.75, 3.05) is 5.32 Å². The van der Waals surface area contributed by atoms with E-state index in [0.717, 1.165) is 10.9 Å². The Bertz CT molecular complexity index is 578. The van der Waals surface area contributed by atoms with Gasteiger partial charge in [0.1, 0.15) is 12.1 Å². The second-order valence-electron chi connectivity index (χ2n) is 4.83. The quantitative estimate of drug-likeness (QED) is 0.863. The largest absolute Gasteiger partial charge is 0.481 e. The summed E-state index contributed by atoms with van der Waals surface area (Å²) in [5.74, 6) is 0.0694. The minimum Gasteiger partial charge on any atom is -0.481 e. The van der Waals surface area contributed by atoms with Gasteiger partial charge in [0.15, 0.2) is 0 Å². The average Bonchev–Trinajstić information content (AvgIpc) is 2.37. The Balaban J connectivity index is 2.31. The fraction of sp³-hybridized carbons (Fsp3) is 0.357. The van der Waals surface area contributed by atoms with Crippen LogP contribution in [0.4, 0.5) is 5.82 Å². The van der Waals surface area contributed by atoms with Crippen molar-refractivity contribution in [3.05, 3.63) is 30.6 Å². The summed E-state index contributed by atoms with van der Waals surface area (Å²) in [6, 6.07) is 7.50. The average molecular weight is 259 g/mol. The van der Waals surface area contributed by atoms with Crippen LogP contribution in [0.1, 0.15) is 20.3 Å². The van der Waals surface area contributed by atoms with Gasteiger partial charge in [-0.2, -0.15) is 0 Å². The number of nitrogens with zero attached hydrogens (tertiary/aromatic N) is 2. The fourth-order valence-electron chi connectivity index (χ4n) is 1.94. The van der Waals surface area contributed by atoms with Crippen molar-refractivity contribution < 1.29 is 9.90 Å². The molecule has 0 bridgehead atoms. The molecule has 0 amide bonds. The normalized spacial score (nSPS) is 12.6. The number of rotatable bonds is 5. The molecular formula is C14H17N3O2. The van der Waals surface area contributed by atoms with Crippen LogP contribution in [0.5, 0.6) is 0 Å². The predicted octanol–water partition coefficient (Wildman–Crippen LogP) is 2.54. The summed E-state index contributed by atoms with van der Waals surface area (Å²) in [5.41, 5.74) is 0.845. The molecule has 5 nitrogen and oxygen atoms in total. The van der Waals surface area contributed by atoms with Crippen LogP contribution >= 0.6 is 0 Å². The molecule has 5 heteroatoms. The molecule has 1 aromatic heterocycles. The Morgan fingerprint density at radius 3 is 2.74 bits per heavy atom. The van der Waals surface area contributed by atoms with E-state index in [1.807, 2.05) is 38.1 Å². The summed E-state index contributed by atoms with van der Waals surface area (Å²) in [6.45, 7) is 3.98. The van der Waals surface area contributed by atoms with Crippen molar-refractivity contribution in [3.63, 3.8) is 0 Å². The summed E-state index contributed by atoms with van der Waals surface area (Å²) in [4.78, 5) is 19.3. The lowest BCUT2D eigenvalue weighted by molar-refractivity contribution is -0.137. The fourth-order valence-corrected chi connectivity index (χ4v) is 1.94. The summed E-state index contributed by atoms with van der Waals surface area (Å²) in [6.07, 6.45) is 1.55. The zero-order valence-electron chi connectivity index (χ0n) is 11.0. The van der Waals surface area contributed by atoms with E-state index in [4.69, 9.17) is 5.11 Å². The van der Waals surface area contributed by atoms with Crippen LogP contribution in [0.25, 0.3) is 10.9 Å². The monoisotopic (exact) mass is 259 g/mol. The highest BCUT2D eigenvalue weighted by Crippen LogP contribution is 2.21. The summed E-state index contributed by atoms with van der Waals surface area (Å²) in [7, 11) is 0. The minimum atomic E-state index is -0.815. The second kappa shape index (κ2) is 5.65. The molecule has 0 fully saturated rings. The minimum absolute atomic E-state index is 0.0655. The van der Waals surface area contributed by atoms with E-state index in [9.17, 15) is 4.79 Å². The van der Waals surface area contributed by atoms with Crippen LogP contribution in [0.2, 0.25) is 0 Å². The number of aromatic nitrogens is 2. The Labute approximate surface area is 111 Å². The van der Waals surface area contributed by atoms with Gasteiger partial charge < -0.3 is 10.4 Å². The van der Waals surface area contributed by atoms with Gasteiger partial charge in [0.25, 0.3) is 0 Å². The highest BCUT2D eigenvalue weighted by molar-refractivity contribution is 5.88. The van der Waals surface area contributed by atoms with E-state index in [1.54, 1.807) is 0 Å². The Morgan fingerprint density at radius 2 is 2.05 bits per heavy atom. The molecule has 0 saturated carbocycles. The maximum Gasteiger partial charge on any atom is 0.305 e. The number of fused-ring (bicyclic) bond motifs is 1. The molecule has 100 valence electrons. The topological polar surface area (TPSA) is 75.1 Å². The third-order valence-electron chi connectivity index (χ3n) is 3.06. The standard InChI is InChI=1S/C14H17N3O2/c1-9(2)12(7-13(18)19)17-14-10-5-3-4-6-11(10)15-8-16-14/h3-6,8-9,12H,7H2,1-2H3,(H,18,19)(H,15,16,17). The van der Waals surface area contributed by atoms with E-state index < -0.39 is 5.97 Å². The molecule has 0 spiro atoms. The Kier molecular flexibility index (Phi) is 3.94. The predicted molar refractivity (Wildman–Crippen MR) is 74.0 cm³/mol. The highest BCUT2D eigenvalue weighted by atomic mass is 16.4. The highest BCUT2D eigenvalue weighted by Gasteiger charge is 2.18. The zero-order valence-corrected chi connectivity index (χ0v) is 11.0. The molecule has 2 rings (SSSR count). The Morgan fingerprint density at radius 1 is 1.32 bits per heavy atom. The first kappa shape index (κ1) is 13.3. The molecule has 2 aromatic rings. The summed E-state index contributed by atoms with van der Waals surface area (Å²) >= 11 is 0. The molecule has 0 aliphatic rings. The van der Waals surface area contributed by atoms with Crippen LogP contribution in [0, 0.1) is 5.92 Å². The molecule has 1 unspecified atom stereocenters. The molecular weight excluding hydrogens is 242 g/mol. The summed E-state index contributed by atoms with van der Waals surface area (Å²) in [5, 5.41) is 13.1. The van der Waals surface area contributed by atoms with Gasteiger partial charge in [-0.3, -0.25) is 4.79 Å².